The van der Waals surface area contributed by atoms with Crippen LogP contribution in [0.4, 0.5) is 0 Å². The second kappa shape index (κ2) is 4.77. The van der Waals surface area contributed by atoms with Crippen LogP contribution in [0.1, 0.15) is 30.4 Å². The Morgan fingerprint density at radius 2 is 2.15 bits per heavy atom. The predicted octanol–water partition coefficient (Wildman–Crippen LogP) is 1.84. The molecule has 1 aromatic rings. The molecule has 0 fully saturated rings. The largest absolute Gasteiger partial charge is 0.326 e. The third kappa shape index (κ3) is 2.39. The minimum atomic E-state index is 0.275. The molecule has 1 atom stereocenters. The summed E-state index contributed by atoms with van der Waals surface area (Å²) in [5.41, 5.74) is 7.92. The highest BCUT2D eigenvalue weighted by molar-refractivity contribution is 5.52. The Balaban J connectivity index is 2.91. The fourth-order valence-corrected chi connectivity index (χ4v) is 1.47. The number of hydrogen-bond donors (Lipinski definition) is 1. The molecule has 70 valence electrons. The van der Waals surface area contributed by atoms with Crippen LogP contribution in [0.3, 0.4) is 0 Å². The van der Waals surface area contributed by atoms with E-state index < -0.39 is 0 Å². The zero-order valence-corrected chi connectivity index (χ0v) is 7.86. The lowest BCUT2D eigenvalue weighted by Gasteiger charge is -2.12. The van der Waals surface area contributed by atoms with E-state index in [2.05, 4.69) is 0 Å². The van der Waals surface area contributed by atoms with Crippen LogP contribution in [-0.2, 0) is 11.3 Å². The summed E-state index contributed by atoms with van der Waals surface area (Å²) in [5.74, 6) is 0.275. The number of nitrogens with two attached hydrogens (primary N) is 1. The summed E-state index contributed by atoms with van der Waals surface area (Å²) in [6, 6.07) is 8.00. The van der Waals surface area contributed by atoms with Crippen molar-refractivity contribution in [3.63, 3.8) is 0 Å². The maximum atomic E-state index is 10.4. The van der Waals surface area contributed by atoms with Crippen molar-refractivity contribution in [1.82, 2.24) is 0 Å². The molecule has 0 saturated carbocycles. The van der Waals surface area contributed by atoms with Crippen LogP contribution in [0.5, 0.6) is 0 Å². The summed E-state index contributed by atoms with van der Waals surface area (Å²) in [7, 11) is 0. The summed E-state index contributed by atoms with van der Waals surface area (Å²) in [5, 5.41) is 0. The normalized spacial score (nSPS) is 12.5. The van der Waals surface area contributed by atoms with Gasteiger partial charge in [0, 0.05) is 13.0 Å². The van der Waals surface area contributed by atoms with E-state index in [1.165, 1.54) is 5.56 Å². The van der Waals surface area contributed by atoms with E-state index in [0.717, 1.165) is 11.8 Å². The Morgan fingerprint density at radius 3 is 2.77 bits per heavy atom. The molecule has 0 aliphatic rings. The SMILES string of the molecule is CC(CC=O)c1ccccc1CN. The molecule has 0 amide bonds. The lowest BCUT2D eigenvalue weighted by Crippen LogP contribution is -2.04. The molecular formula is C11H15NO. The molecule has 0 radical (unpaired) electrons. The molecule has 1 rings (SSSR count). The molecule has 2 nitrogen and oxygen atoms in total. The maximum Gasteiger partial charge on any atom is 0.120 e. The first-order valence-electron chi connectivity index (χ1n) is 4.51. The highest BCUT2D eigenvalue weighted by Crippen LogP contribution is 2.21. The number of carbonyl (C=O) groups is 1. The quantitative estimate of drug-likeness (QED) is 0.713. The summed E-state index contributed by atoms with van der Waals surface area (Å²) in [4.78, 5) is 10.4. The van der Waals surface area contributed by atoms with Crippen molar-refractivity contribution in [2.75, 3.05) is 0 Å². The number of carbonyl (C=O) groups excluding carboxylic acids is 1. The summed E-state index contributed by atoms with van der Waals surface area (Å²) in [6.07, 6.45) is 1.52. The van der Waals surface area contributed by atoms with Gasteiger partial charge in [-0.3, -0.25) is 0 Å². The second-order valence-electron chi connectivity index (χ2n) is 3.21. The highest BCUT2D eigenvalue weighted by Gasteiger charge is 2.07. The molecule has 0 aliphatic heterocycles. The van der Waals surface area contributed by atoms with Crippen LogP contribution >= 0.6 is 0 Å². The van der Waals surface area contributed by atoms with Gasteiger partial charge in [0.05, 0.1) is 0 Å². The Morgan fingerprint density at radius 1 is 1.46 bits per heavy atom. The lowest BCUT2D eigenvalue weighted by atomic mass is 9.94. The zero-order chi connectivity index (χ0) is 9.68. The molecule has 0 saturated heterocycles. The third-order valence-corrected chi connectivity index (χ3v) is 2.26. The molecule has 0 aliphatic carbocycles. The summed E-state index contributed by atoms with van der Waals surface area (Å²) in [6.45, 7) is 2.59. The molecule has 0 aromatic heterocycles. The van der Waals surface area contributed by atoms with E-state index in [4.69, 9.17) is 5.73 Å². The van der Waals surface area contributed by atoms with E-state index in [0.29, 0.717) is 13.0 Å². The summed E-state index contributed by atoms with van der Waals surface area (Å²) >= 11 is 0. The van der Waals surface area contributed by atoms with Gasteiger partial charge in [-0.2, -0.15) is 0 Å². The fraction of sp³-hybridized carbons (Fsp3) is 0.364. The van der Waals surface area contributed by atoms with Crippen molar-refractivity contribution in [2.45, 2.75) is 25.8 Å². The van der Waals surface area contributed by atoms with Gasteiger partial charge in [-0.15, -0.1) is 0 Å². The van der Waals surface area contributed by atoms with Crippen molar-refractivity contribution in [3.8, 4) is 0 Å². The zero-order valence-electron chi connectivity index (χ0n) is 7.86. The van der Waals surface area contributed by atoms with Crippen LogP contribution in [0.15, 0.2) is 24.3 Å². The van der Waals surface area contributed by atoms with E-state index >= 15 is 0 Å². The molecule has 0 spiro atoms. The van der Waals surface area contributed by atoms with E-state index in [-0.39, 0.29) is 5.92 Å². The third-order valence-electron chi connectivity index (χ3n) is 2.26. The van der Waals surface area contributed by atoms with Gasteiger partial charge in [0.2, 0.25) is 0 Å². The minimum absolute atomic E-state index is 0.275. The van der Waals surface area contributed by atoms with E-state index in [9.17, 15) is 4.79 Å². The molecule has 0 heterocycles. The number of benzene rings is 1. The van der Waals surface area contributed by atoms with Crippen molar-refractivity contribution < 1.29 is 4.79 Å². The second-order valence-corrected chi connectivity index (χ2v) is 3.21. The maximum absolute atomic E-state index is 10.4. The van der Waals surface area contributed by atoms with Gasteiger partial charge >= 0.3 is 0 Å². The Bertz CT molecular complexity index is 283. The molecule has 2 N–H and O–H groups in total. The smallest absolute Gasteiger partial charge is 0.120 e. The first-order chi connectivity index (χ1) is 6.29. The van der Waals surface area contributed by atoms with Crippen LogP contribution in [-0.4, -0.2) is 6.29 Å². The van der Waals surface area contributed by atoms with E-state index in [1.54, 1.807) is 0 Å². The van der Waals surface area contributed by atoms with Crippen LogP contribution in [0, 0.1) is 0 Å². The Hall–Kier alpha value is -1.15. The predicted molar refractivity (Wildman–Crippen MR) is 53.4 cm³/mol. The Kier molecular flexibility index (Phi) is 3.65. The van der Waals surface area contributed by atoms with Gasteiger partial charge in [0.1, 0.15) is 6.29 Å². The highest BCUT2D eigenvalue weighted by atomic mass is 16.1. The lowest BCUT2D eigenvalue weighted by molar-refractivity contribution is -0.108. The average Bonchev–Trinajstić information content (AvgIpc) is 2.18. The van der Waals surface area contributed by atoms with Crippen LogP contribution in [0.2, 0.25) is 0 Å². The average molecular weight is 177 g/mol. The summed E-state index contributed by atoms with van der Waals surface area (Å²) < 4.78 is 0. The number of hydrogen-bond acceptors (Lipinski definition) is 2. The van der Waals surface area contributed by atoms with Crippen LogP contribution < -0.4 is 5.73 Å². The topological polar surface area (TPSA) is 43.1 Å². The van der Waals surface area contributed by atoms with Crippen molar-refractivity contribution in [3.05, 3.63) is 35.4 Å². The molecule has 0 bridgehead atoms. The van der Waals surface area contributed by atoms with Gasteiger partial charge in [-0.25, -0.2) is 0 Å². The van der Waals surface area contributed by atoms with Crippen molar-refractivity contribution >= 4 is 6.29 Å². The van der Waals surface area contributed by atoms with Gasteiger partial charge in [0.25, 0.3) is 0 Å². The molecule has 2 heteroatoms. The molecule has 13 heavy (non-hydrogen) atoms. The molecule has 1 unspecified atom stereocenters. The fourth-order valence-electron chi connectivity index (χ4n) is 1.47. The Labute approximate surface area is 78.8 Å². The first kappa shape index (κ1) is 9.93. The van der Waals surface area contributed by atoms with Crippen molar-refractivity contribution in [1.29, 1.82) is 0 Å². The number of rotatable bonds is 4. The molecule has 1 aromatic carbocycles. The molecular weight excluding hydrogens is 162 g/mol. The van der Waals surface area contributed by atoms with Crippen molar-refractivity contribution in [2.24, 2.45) is 5.73 Å². The first-order valence-corrected chi connectivity index (χ1v) is 4.51. The standard InChI is InChI=1S/C11H15NO/c1-9(6-7-13)11-5-3-2-4-10(11)8-12/h2-5,7,9H,6,8,12H2,1H3. The monoisotopic (exact) mass is 177 g/mol. The van der Waals surface area contributed by atoms with Gasteiger partial charge in [-0.1, -0.05) is 31.2 Å². The van der Waals surface area contributed by atoms with Gasteiger partial charge in [-0.05, 0) is 17.0 Å². The number of aldehydes is 1. The minimum Gasteiger partial charge on any atom is -0.326 e. The van der Waals surface area contributed by atoms with Gasteiger partial charge in [0.15, 0.2) is 0 Å². The van der Waals surface area contributed by atoms with Crippen LogP contribution in [0.25, 0.3) is 0 Å². The van der Waals surface area contributed by atoms with E-state index in [1.807, 2.05) is 31.2 Å². The van der Waals surface area contributed by atoms with Gasteiger partial charge < -0.3 is 10.5 Å².